The van der Waals surface area contributed by atoms with Crippen molar-refractivity contribution in [2.24, 2.45) is 16.8 Å². The van der Waals surface area contributed by atoms with E-state index >= 15 is 0 Å². The Balaban J connectivity index is 2.43. The second-order valence-corrected chi connectivity index (χ2v) is 4.29. The van der Waals surface area contributed by atoms with E-state index in [1.165, 1.54) is 0 Å². The Morgan fingerprint density at radius 3 is 2.71 bits per heavy atom. The molecule has 1 saturated carbocycles. The lowest BCUT2D eigenvalue weighted by Gasteiger charge is -2.31. The van der Waals surface area contributed by atoms with E-state index in [1.54, 1.807) is 12.0 Å². The van der Waals surface area contributed by atoms with E-state index in [9.17, 15) is 4.79 Å². The summed E-state index contributed by atoms with van der Waals surface area (Å²) in [5.41, 5.74) is 5.40. The van der Waals surface area contributed by atoms with E-state index < -0.39 is 0 Å². The summed E-state index contributed by atoms with van der Waals surface area (Å²) >= 11 is 0. The maximum Gasteiger partial charge on any atom is 0.225 e. The molecule has 1 rings (SSSR count). The van der Waals surface area contributed by atoms with E-state index in [1.807, 2.05) is 0 Å². The van der Waals surface area contributed by atoms with Gasteiger partial charge in [0.15, 0.2) is 0 Å². The summed E-state index contributed by atoms with van der Waals surface area (Å²) in [6.45, 7) is 1.55. The number of carbonyl (C=O) groups excluding carboxylic acids is 1. The topological polar surface area (TPSA) is 88.2 Å². The van der Waals surface area contributed by atoms with Gasteiger partial charge in [-0.15, -0.1) is 0 Å². The van der Waals surface area contributed by atoms with Gasteiger partial charge >= 0.3 is 0 Å². The summed E-state index contributed by atoms with van der Waals surface area (Å²) in [5.74, 6) is 0.479. The molecule has 0 aromatic heterocycles. The van der Waals surface area contributed by atoms with Crippen LogP contribution in [0.15, 0.2) is 5.16 Å². The number of carbonyl (C=O) groups is 1. The molecule has 0 aromatic rings. The molecule has 0 saturated heterocycles. The maximum absolute atomic E-state index is 12.1. The molecule has 0 radical (unpaired) electrons. The second-order valence-electron chi connectivity index (χ2n) is 4.29. The average molecular weight is 243 g/mol. The summed E-state index contributed by atoms with van der Waals surface area (Å²) < 4.78 is 4.98. The highest BCUT2D eigenvalue weighted by atomic mass is 16.5. The van der Waals surface area contributed by atoms with Crippen LogP contribution in [0.25, 0.3) is 0 Å². The van der Waals surface area contributed by atoms with Gasteiger partial charge < -0.3 is 20.6 Å². The van der Waals surface area contributed by atoms with Crippen molar-refractivity contribution in [2.75, 3.05) is 26.8 Å². The van der Waals surface area contributed by atoms with Crippen LogP contribution >= 0.6 is 0 Å². The number of oxime groups is 1. The lowest BCUT2D eigenvalue weighted by atomic mass is 9.84. The van der Waals surface area contributed by atoms with Crippen molar-refractivity contribution in [2.45, 2.75) is 25.7 Å². The van der Waals surface area contributed by atoms with E-state index in [0.717, 1.165) is 19.3 Å². The summed E-state index contributed by atoms with van der Waals surface area (Å²) in [4.78, 5) is 13.8. The van der Waals surface area contributed by atoms with Gasteiger partial charge in [-0.3, -0.25) is 4.79 Å². The molecule has 0 bridgehead atoms. The Morgan fingerprint density at radius 2 is 2.24 bits per heavy atom. The van der Waals surface area contributed by atoms with E-state index in [2.05, 4.69) is 5.16 Å². The summed E-state index contributed by atoms with van der Waals surface area (Å²) in [7, 11) is 1.61. The molecule has 0 aromatic carbocycles. The normalized spacial score (nSPS) is 16.6. The van der Waals surface area contributed by atoms with Crippen LogP contribution in [0.2, 0.25) is 0 Å². The van der Waals surface area contributed by atoms with Gasteiger partial charge in [0.05, 0.1) is 6.61 Å². The molecule has 0 unspecified atom stereocenters. The lowest BCUT2D eigenvalue weighted by molar-refractivity contribution is -0.138. The second kappa shape index (κ2) is 7.11. The molecule has 1 aliphatic rings. The van der Waals surface area contributed by atoms with Gasteiger partial charge in [-0.05, 0) is 12.8 Å². The minimum Gasteiger partial charge on any atom is -0.409 e. The minimum atomic E-state index is 0.147. The minimum absolute atomic E-state index is 0.147. The fraction of sp³-hybridized carbons (Fsp3) is 0.818. The van der Waals surface area contributed by atoms with Crippen molar-refractivity contribution in [3.63, 3.8) is 0 Å². The summed E-state index contributed by atoms with van der Waals surface area (Å²) in [5, 5.41) is 11.4. The Hall–Kier alpha value is -1.30. The van der Waals surface area contributed by atoms with Crippen LogP contribution in [0.1, 0.15) is 25.7 Å². The molecular formula is C11H21N3O3. The van der Waals surface area contributed by atoms with Crippen LogP contribution in [0.4, 0.5) is 0 Å². The van der Waals surface area contributed by atoms with Crippen LogP contribution < -0.4 is 5.73 Å². The predicted octanol–water partition coefficient (Wildman–Crippen LogP) is 0.398. The largest absolute Gasteiger partial charge is 0.409 e. The molecule has 0 atom stereocenters. The number of ether oxygens (including phenoxy) is 1. The van der Waals surface area contributed by atoms with Crippen LogP contribution in [0, 0.1) is 5.92 Å². The quantitative estimate of drug-likeness (QED) is 0.293. The average Bonchev–Trinajstić information content (AvgIpc) is 2.26. The first kappa shape index (κ1) is 13.8. The molecule has 1 amide bonds. The molecule has 1 fully saturated rings. The first-order chi connectivity index (χ1) is 8.19. The number of amidine groups is 1. The molecule has 0 aliphatic heterocycles. The van der Waals surface area contributed by atoms with Gasteiger partial charge in [-0.1, -0.05) is 11.6 Å². The molecule has 98 valence electrons. The van der Waals surface area contributed by atoms with Gasteiger partial charge in [-0.2, -0.15) is 0 Å². The highest BCUT2D eigenvalue weighted by Crippen LogP contribution is 2.28. The Labute approximate surface area is 101 Å². The smallest absolute Gasteiger partial charge is 0.225 e. The van der Waals surface area contributed by atoms with Crippen molar-refractivity contribution in [1.82, 2.24) is 4.90 Å². The number of rotatable bonds is 7. The summed E-state index contributed by atoms with van der Waals surface area (Å²) in [6.07, 6.45) is 3.48. The van der Waals surface area contributed by atoms with E-state index in [-0.39, 0.29) is 17.7 Å². The van der Waals surface area contributed by atoms with Crippen LogP contribution in [-0.4, -0.2) is 48.7 Å². The zero-order valence-electron chi connectivity index (χ0n) is 10.3. The fourth-order valence-corrected chi connectivity index (χ4v) is 1.75. The molecule has 0 spiro atoms. The lowest BCUT2D eigenvalue weighted by Crippen LogP contribution is -2.42. The third-order valence-electron chi connectivity index (χ3n) is 3.10. The molecular weight excluding hydrogens is 222 g/mol. The number of methoxy groups -OCH3 is 1. The monoisotopic (exact) mass is 243 g/mol. The molecule has 6 nitrogen and oxygen atoms in total. The molecule has 6 heteroatoms. The van der Waals surface area contributed by atoms with Crippen molar-refractivity contribution >= 4 is 11.7 Å². The number of nitrogens with zero attached hydrogens (tertiary/aromatic N) is 2. The van der Waals surface area contributed by atoms with Crippen LogP contribution in [0.5, 0.6) is 0 Å². The fourth-order valence-electron chi connectivity index (χ4n) is 1.75. The summed E-state index contributed by atoms with van der Waals surface area (Å²) in [6, 6.07) is 0. The van der Waals surface area contributed by atoms with Gasteiger partial charge in [-0.25, -0.2) is 0 Å². The van der Waals surface area contributed by atoms with Gasteiger partial charge in [0.1, 0.15) is 5.84 Å². The van der Waals surface area contributed by atoms with E-state index in [0.29, 0.717) is 26.1 Å². The first-order valence-electron chi connectivity index (χ1n) is 5.93. The maximum atomic E-state index is 12.1. The zero-order chi connectivity index (χ0) is 12.7. The standard InChI is InChI=1S/C11H21N3O3/c1-17-8-7-14(6-5-10(12)13-16)11(15)9-3-2-4-9/h9,16H,2-8H2,1H3,(H2,12,13). The third kappa shape index (κ3) is 4.22. The van der Waals surface area contributed by atoms with Crippen molar-refractivity contribution in [3.8, 4) is 0 Å². The highest BCUT2D eigenvalue weighted by Gasteiger charge is 2.29. The Morgan fingerprint density at radius 1 is 1.53 bits per heavy atom. The molecule has 17 heavy (non-hydrogen) atoms. The third-order valence-corrected chi connectivity index (χ3v) is 3.10. The van der Waals surface area contributed by atoms with Crippen LogP contribution in [0.3, 0.4) is 0 Å². The number of hydrogen-bond donors (Lipinski definition) is 2. The number of hydrogen-bond acceptors (Lipinski definition) is 4. The first-order valence-corrected chi connectivity index (χ1v) is 5.93. The number of amides is 1. The van der Waals surface area contributed by atoms with Crippen LogP contribution in [-0.2, 0) is 9.53 Å². The van der Waals surface area contributed by atoms with Crippen molar-refractivity contribution in [3.05, 3.63) is 0 Å². The van der Waals surface area contributed by atoms with Gasteiger partial charge in [0.25, 0.3) is 0 Å². The van der Waals surface area contributed by atoms with Crippen molar-refractivity contribution < 1.29 is 14.7 Å². The van der Waals surface area contributed by atoms with Gasteiger partial charge in [0, 0.05) is 32.5 Å². The SMILES string of the molecule is COCCN(CCC(N)=NO)C(=O)C1CCC1. The molecule has 3 N–H and O–H groups in total. The predicted molar refractivity (Wildman–Crippen MR) is 63.8 cm³/mol. The zero-order valence-corrected chi connectivity index (χ0v) is 10.3. The van der Waals surface area contributed by atoms with Crippen molar-refractivity contribution in [1.29, 1.82) is 0 Å². The molecule has 1 aliphatic carbocycles. The number of nitrogens with two attached hydrogens (primary N) is 1. The Kier molecular flexibility index (Phi) is 5.76. The van der Waals surface area contributed by atoms with Gasteiger partial charge in [0.2, 0.25) is 5.91 Å². The molecule has 0 heterocycles. The van der Waals surface area contributed by atoms with E-state index in [4.69, 9.17) is 15.7 Å². The Bertz CT molecular complexity index is 277. The highest BCUT2D eigenvalue weighted by molar-refractivity contribution is 5.82.